The zero-order valence-corrected chi connectivity index (χ0v) is 14.3. The summed E-state index contributed by atoms with van der Waals surface area (Å²) < 4.78 is 0. The first kappa shape index (κ1) is 17.2. The number of ketones is 1. The maximum Gasteiger partial charge on any atom is 0.224 e. The van der Waals surface area contributed by atoms with Crippen molar-refractivity contribution in [2.24, 2.45) is 0 Å². The molecule has 0 aliphatic heterocycles. The number of carbonyl (C=O) groups is 2. The van der Waals surface area contributed by atoms with E-state index in [2.05, 4.69) is 5.32 Å². The lowest BCUT2D eigenvalue weighted by Gasteiger charge is -2.09. The maximum absolute atomic E-state index is 12.2. The fraction of sp³-hybridized carbons (Fsp3) is 0.263. The van der Waals surface area contributed by atoms with E-state index in [9.17, 15) is 9.59 Å². The Balaban J connectivity index is 1.94. The van der Waals surface area contributed by atoms with Gasteiger partial charge in [0, 0.05) is 29.1 Å². The third-order valence-corrected chi connectivity index (χ3v) is 4.36. The number of hydrogen-bond donors (Lipinski definition) is 1. The van der Waals surface area contributed by atoms with Gasteiger partial charge in [0.2, 0.25) is 5.91 Å². The molecule has 4 heteroatoms. The number of carbonyl (C=O) groups excluding carboxylic acids is 2. The average Bonchev–Trinajstić information content (AvgIpc) is 2.52. The highest BCUT2D eigenvalue weighted by Gasteiger charge is 2.11. The molecule has 2 aromatic rings. The van der Waals surface area contributed by atoms with Gasteiger partial charge in [-0.2, -0.15) is 0 Å². The summed E-state index contributed by atoms with van der Waals surface area (Å²) >= 11 is 6.03. The molecule has 0 aliphatic carbocycles. The van der Waals surface area contributed by atoms with Crippen molar-refractivity contribution in [3.05, 3.63) is 63.7 Å². The van der Waals surface area contributed by atoms with Crippen molar-refractivity contribution >= 4 is 29.0 Å². The molecule has 2 rings (SSSR count). The van der Waals surface area contributed by atoms with Gasteiger partial charge in [-0.3, -0.25) is 9.59 Å². The highest BCUT2D eigenvalue weighted by molar-refractivity contribution is 6.31. The largest absolute Gasteiger partial charge is 0.326 e. The van der Waals surface area contributed by atoms with Crippen molar-refractivity contribution in [3.63, 3.8) is 0 Å². The van der Waals surface area contributed by atoms with Crippen molar-refractivity contribution in [1.82, 2.24) is 0 Å². The van der Waals surface area contributed by atoms with Crippen LogP contribution in [-0.2, 0) is 4.79 Å². The fourth-order valence-corrected chi connectivity index (χ4v) is 2.42. The van der Waals surface area contributed by atoms with Gasteiger partial charge in [0.05, 0.1) is 0 Å². The SMILES string of the molecule is Cc1ccc(C(=O)CCC(=O)Nc2cccc(Cl)c2C)cc1C. The molecule has 0 fully saturated rings. The monoisotopic (exact) mass is 329 g/mol. The van der Waals surface area contributed by atoms with Gasteiger partial charge in [-0.15, -0.1) is 0 Å². The number of nitrogens with one attached hydrogen (secondary N) is 1. The van der Waals surface area contributed by atoms with E-state index in [1.165, 1.54) is 0 Å². The molecule has 0 aromatic heterocycles. The molecule has 23 heavy (non-hydrogen) atoms. The Hall–Kier alpha value is -2.13. The molecule has 0 heterocycles. The first-order valence-corrected chi connectivity index (χ1v) is 7.91. The van der Waals surface area contributed by atoms with Crippen LogP contribution in [0.1, 0.15) is 39.9 Å². The van der Waals surface area contributed by atoms with E-state index < -0.39 is 0 Å². The molecule has 2 aromatic carbocycles. The summed E-state index contributed by atoms with van der Waals surface area (Å²) in [6, 6.07) is 11.0. The molecular formula is C19H20ClNO2. The molecule has 3 nitrogen and oxygen atoms in total. The van der Waals surface area contributed by atoms with Crippen molar-refractivity contribution in [2.45, 2.75) is 33.6 Å². The zero-order chi connectivity index (χ0) is 17.0. The summed E-state index contributed by atoms with van der Waals surface area (Å²) in [4.78, 5) is 24.2. The minimum Gasteiger partial charge on any atom is -0.326 e. The highest BCUT2D eigenvalue weighted by atomic mass is 35.5. The quantitative estimate of drug-likeness (QED) is 0.796. The summed E-state index contributed by atoms with van der Waals surface area (Å²) in [7, 11) is 0. The highest BCUT2D eigenvalue weighted by Crippen LogP contribution is 2.23. The number of benzene rings is 2. The van der Waals surface area contributed by atoms with Crippen molar-refractivity contribution in [1.29, 1.82) is 0 Å². The number of anilines is 1. The zero-order valence-electron chi connectivity index (χ0n) is 13.6. The summed E-state index contributed by atoms with van der Waals surface area (Å²) in [6.07, 6.45) is 0.339. The minimum atomic E-state index is -0.187. The average molecular weight is 330 g/mol. The molecule has 1 amide bonds. The topological polar surface area (TPSA) is 46.2 Å². The second-order valence-corrected chi connectivity index (χ2v) is 6.09. The number of amides is 1. The number of rotatable bonds is 5. The number of hydrogen-bond acceptors (Lipinski definition) is 2. The van der Waals surface area contributed by atoms with Gasteiger partial charge in [0.1, 0.15) is 0 Å². The lowest BCUT2D eigenvalue weighted by molar-refractivity contribution is -0.116. The van der Waals surface area contributed by atoms with Crippen LogP contribution in [0.25, 0.3) is 0 Å². The summed E-state index contributed by atoms with van der Waals surface area (Å²) in [5, 5.41) is 3.41. The minimum absolute atomic E-state index is 0.0222. The molecule has 120 valence electrons. The molecule has 0 saturated carbocycles. The number of halogens is 1. The van der Waals surface area contributed by atoms with Gasteiger partial charge in [-0.25, -0.2) is 0 Å². The lowest BCUT2D eigenvalue weighted by atomic mass is 10.0. The van der Waals surface area contributed by atoms with Crippen LogP contribution >= 0.6 is 11.6 Å². The van der Waals surface area contributed by atoms with Crippen LogP contribution in [0, 0.1) is 20.8 Å². The maximum atomic E-state index is 12.2. The Morgan fingerprint density at radius 3 is 2.43 bits per heavy atom. The molecular weight excluding hydrogens is 310 g/mol. The second-order valence-electron chi connectivity index (χ2n) is 5.68. The standard InChI is InChI=1S/C19H20ClNO2/c1-12-7-8-15(11-13(12)2)18(22)9-10-19(23)21-17-6-4-5-16(20)14(17)3/h4-8,11H,9-10H2,1-3H3,(H,21,23). The molecule has 0 saturated heterocycles. The van der Waals surface area contributed by atoms with Gasteiger partial charge in [-0.1, -0.05) is 29.8 Å². The molecule has 0 bridgehead atoms. The van der Waals surface area contributed by atoms with Crippen LogP contribution in [0.15, 0.2) is 36.4 Å². The summed E-state index contributed by atoms with van der Waals surface area (Å²) in [5.41, 5.74) is 4.38. The summed E-state index contributed by atoms with van der Waals surface area (Å²) in [5.74, 6) is -0.210. The van der Waals surface area contributed by atoms with Crippen LogP contribution < -0.4 is 5.32 Å². The van der Waals surface area contributed by atoms with E-state index in [0.717, 1.165) is 16.7 Å². The Morgan fingerprint density at radius 1 is 1.00 bits per heavy atom. The van der Waals surface area contributed by atoms with E-state index in [-0.39, 0.29) is 24.5 Å². The van der Waals surface area contributed by atoms with Gasteiger partial charge < -0.3 is 5.32 Å². The summed E-state index contributed by atoms with van der Waals surface area (Å²) in [6.45, 7) is 5.82. The van der Waals surface area contributed by atoms with Crippen molar-refractivity contribution < 1.29 is 9.59 Å². The Labute approximate surface area is 141 Å². The third-order valence-electron chi connectivity index (χ3n) is 3.95. The molecule has 1 N–H and O–H groups in total. The molecule has 0 spiro atoms. The van der Waals surface area contributed by atoms with Crippen molar-refractivity contribution in [3.8, 4) is 0 Å². The normalized spacial score (nSPS) is 10.4. The smallest absolute Gasteiger partial charge is 0.224 e. The van der Waals surface area contributed by atoms with Gasteiger partial charge in [-0.05, 0) is 55.7 Å². The van der Waals surface area contributed by atoms with Crippen LogP contribution in [-0.4, -0.2) is 11.7 Å². The van der Waals surface area contributed by atoms with Gasteiger partial charge in [0.25, 0.3) is 0 Å². The second kappa shape index (κ2) is 7.42. The van der Waals surface area contributed by atoms with E-state index in [1.54, 1.807) is 18.2 Å². The van der Waals surface area contributed by atoms with Gasteiger partial charge >= 0.3 is 0 Å². The fourth-order valence-electron chi connectivity index (χ4n) is 2.24. The predicted octanol–water partition coefficient (Wildman–Crippen LogP) is 4.87. The van der Waals surface area contributed by atoms with E-state index in [4.69, 9.17) is 11.6 Å². The number of Topliss-reactive ketones (excluding diaryl/α,β-unsaturated/α-hetero) is 1. The first-order valence-electron chi connectivity index (χ1n) is 7.54. The predicted molar refractivity (Wildman–Crippen MR) is 94.3 cm³/mol. The third kappa shape index (κ3) is 4.42. The van der Waals surface area contributed by atoms with Gasteiger partial charge in [0.15, 0.2) is 5.78 Å². The van der Waals surface area contributed by atoms with Crippen molar-refractivity contribution in [2.75, 3.05) is 5.32 Å². The van der Waals surface area contributed by atoms with Crippen LogP contribution in [0.4, 0.5) is 5.69 Å². The van der Waals surface area contributed by atoms with Crippen LogP contribution in [0.2, 0.25) is 5.02 Å². The first-order chi connectivity index (χ1) is 10.9. The van der Waals surface area contributed by atoms with E-state index in [0.29, 0.717) is 16.3 Å². The van der Waals surface area contributed by atoms with E-state index >= 15 is 0 Å². The lowest BCUT2D eigenvalue weighted by Crippen LogP contribution is -2.14. The molecule has 0 radical (unpaired) electrons. The molecule has 0 atom stereocenters. The molecule has 0 aliphatic rings. The Bertz CT molecular complexity index is 753. The van der Waals surface area contributed by atoms with Crippen LogP contribution in [0.5, 0.6) is 0 Å². The van der Waals surface area contributed by atoms with Crippen LogP contribution in [0.3, 0.4) is 0 Å². The Morgan fingerprint density at radius 2 is 1.74 bits per heavy atom. The Kier molecular flexibility index (Phi) is 5.56. The van der Waals surface area contributed by atoms with E-state index in [1.807, 2.05) is 39.0 Å². The molecule has 0 unspecified atom stereocenters. The number of aryl methyl sites for hydroxylation is 2.